The Labute approximate surface area is 122 Å². The smallest absolute Gasteiger partial charge is 0.157 e. The van der Waals surface area contributed by atoms with E-state index in [4.69, 9.17) is 14.9 Å². The van der Waals surface area contributed by atoms with Crippen molar-refractivity contribution in [1.82, 2.24) is 9.97 Å². The molecule has 0 aliphatic rings. The number of furan rings is 1. The van der Waals surface area contributed by atoms with E-state index in [1.54, 1.807) is 6.07 Å². The van der Waals surface area contributed by atoms with Crippen molar-refractivity contribution in [1.29, 1.82) is 0 Å². The highest BCUT2D eigenvalue weighted by Crippen LogP contribution is 2.28. The number of hydrogen-bond donors (Lipinski definition) is 1. The van der Waals surface area contributed by atoms with Gasteiger partial charge >= 0.3 is 0 Å². The van der Waals surface area contributed by atoms with E-state index < -0.39 is 0 Å². The van der Waals surface area contributed by atoms with Crippen LogP contribution in [0.15, 0.2) is 34.7 Å². The Kier molecular flexibility index (Phi) is 3.58. The van der Waals surface area contributed by atoms with Crippen molar-refractivity contribution in [2.24, 2.45) is 0 Å². The molecule has 5 nitrogen and oxygen atoms in total. The molecule has 2 N–H and O–H groups in total. The highest BCUT2D eigenvalue weighted by atomic mass is 16.5. The summed E-state index contributed by atoms with van der Waals surface area (Å²) in [6.45, 7) is 4.93. The van der Waals surface area contributed by atoms with Gasteiger partial charge < -0.3 is 14.9 Å². The zero-order valence-electron chi connectivity index (χ0n) is 12.1. The van der Waals surface area contributed by atoms with Gasteiger partial charge in [-0.15, -0.1) is 0 Å². The molecule has 0 saturated heterocycles. The zero-order valence-corrected chi connectivity index (χ0v) is 12.1. The number of nitrogens with zero attached hydrogens (tertiary/aromatic N) is 2. The molecule has 2 aromatic heterocycles. The molecule has 2 heterocycles. The third-order valence-electron chi connectivity index (χ3n) is 3.15. The van der Waals surface area contributed by atoms with Gasteiger partial charge in [0.05, 0.1) is 0 Å². The molecule has 0 atom stereocenters. The third kappa shape index (κ3) is 2.87. The largest absolute Gasteiger partial charge is 0.454 e. The van der Waals surface area contributed by atoms with Crippen LogP contribution >= 0.6 is 0 Å². The number of aromatic nitrogens is 2. The number of ether oxygens (including phenoxy) is 1. The Morgan fingerprint density at radius 3 is 2.86 bits per heavy atom. The van der Waals surface area contributed by atoms with E-state index in [2.05, 4.69) is 23.0 Å². The van der Waals surface area contributed by atoms with Crippen molar-refractivity contribution in [2.75, 3.05) is 12.3 Å². The lowest BCUT2D eigenvalue weighted by atomic mass is 10.2. The second-order valence-electron chi connectivity index (χ2n) is 4.88. The van der Waals surface area contributed by atoms with Crippen LogP contribution in [-0.4, -0.2) is 16.6 Å². The highest BCUT2D eigenvalue weighted by Gasteiger charge is 2.10. The van der Waals surface area contributed by atoms with Gasteiger partial charge in [-0.2, -0.15) is 0 Å². The van der Waals surface area contributed by atoms with Crippen LogP contribution in [0.5, 0.6) is 0 Å². The van der Waals surface area contributed by atoms with E-state index in [1.807, 2.05) is 25.1 Å². The fourth-order valence-corrected chi connectivity index (χ4v) is 2.19. The van der Waals surface area contributed by atoms with Gasteiger partial charge in [0.2, 0.25) is 0 Å². The number of nitrogen functional groups attached to an aromatic ring is 1. The summed E-state index contributed by atoms with van der Waals surface area (Å²) < 4.78 is 11.2. The van der Waals surface area contributed by atoms with Crippen LogP contribution in [0.2, 0.25) is 0 Å². The molecule has 3 rings (SSSR count). The summed E-state index contributed by atoms with van der Waals surface area (Å²) in [5, 5.41) is 1.05. The maximum atomic E-state index is 5.84. The second kappa shape index (κ2) is 5.54. The molecule has 3 aromatic rings. The molecule has 0 bridgehead atoms. The van der Waals surface area contributed by atoms with Crippen LogP contribution in [0.3, 0.4) is 0 Å². The fourth-order valence-electron chi connectivity index (χ4n) is 2.19. The summed E-state index contributed by atoms with van der Waals surface area (Å²) in [5.41, 5.74) is 8.53. The summed E-state index contributed by atoms with van der Waals surface area (Å²) in [6, 6.07) is 9.73. The molecule has 0 amide bonds. The first kappa shape index (κ1) is 13.6. The van der Waals surface area contributed by atoms with Crippen LogP contribution in [0, 0.1) is 6.92 Å². The number of anilines is 1. The molecule has 0 unspecified atom stereocenters. The van der Waals surface area contributed by atoms with Crippen LogP contribution in [0.25, 0.3) is 22.4 Å². The SMILES string of the molecule is CCOCc1nc(N)cc(-c2cc3cc(C)ccc3o2)n1. The average molecular weight is 283 g/mol. The van der Waals surface area contributed by atoms with Gasteiger partial charge in [0.1, 0.15) is 23.7 Å². The Morgan fingerprint density at radius 1 is 1.19 bits per heavy atom. The summed E-state index contributed by atoms with van der Waals surface area (Å²) in [5.74, 6) is 1.65. The normalized spacial score (nSPS) is 11.1. The Morgan fingerprint density at radius 2 is 2.05 bits per heavy atom. The maximum absolute atomic E-state index is 5.84. The van der Waals surface area contributed by atoms with Crippen LogP contribution in [0.1, 0.15) is 18.3 Å². The number of hydrogen-bond acceptors (Lipinski definition) is 5. The number of fused-ring (bicyclic) bond motifs is 1. The van der Waals surface area contributed by atoms with Gasteiger partial charge in [-0.3, -0.25) is 0 Å². The topological polar surface area (TPSA) is 74.2 Å². The van der Waals surface area contributed by atoms with Gasteiger partial charge in [-0.1, -0.05) is 11.6 Å². The molecule has 1 aromatic carbocycles. The molecule has 0 spiro atoms. The monoisotopic (exact) mass is 283 g/mol. The van der Waals surface area contributed by atoms with Crippen molar-refractivity contribution in [3.8, 4) is 11.5 Å². The zero-order chi connectivity index (χ0) is 14.8. The van der Waals surface area contributed by atoms with Crippen molar-refractivity contribution in [3.63, 3.8) is 0 Å². The molecule has 0 fully saturated rings. The van der Waals surface area contributed by atoms with Crippen molar-refractivity contribution >= 4 is 16.8 Å². The summed E-state index contributed by atoms with van der Waals surface area (Å²) in [7, 11) is 0. The van der Waals surface area contributed by atoms with Crippen molar-refractivity contribution in [2.45, 2.75) is 20.5 Å². The van der Waals surface area contributed by atoms with E-state index in [-0.39, 0.29) is 0 Å². The minimum Gasteiger partial charge on any atom is -0.454 e. The van der Waals surface area contributed by atoms with Crippen molar-refractivity contribution in [3.05, 3.63) is 41.7 Å². The summed E-state index contributed by atoms with van der Waals surface area (Å²) >= 11 is 0. The van der Waals surface area contributed by atoms with E-state index >= 15 is 0 Å². The first-order chi connectivity index (χ1) is 10.2. The molecule has 21 heavy (non-hydrogen) atoms. The molecular formula is C16H17N3O2. The molecule has 108 valence electrons. The van der Waals surface area contributed by atoms with E-state index in [1.165, 1.54) is 5.56 Å². The van der Waals surface area contributed by atoms with E-state index in [0.29, 0.717) is 36.3 Å². The van der Waals surface area contributed by atoms with Gasteiger partial charge in [0, 0.05) is 18.1 Å². The molecule has 0 aliphatic carbocycles. The third-order valence-corrected chi connectivity index (χ3v) is 3.15. The molecule has 0 saturated carbocycles. The highest BCUT2D eigenvalue weighted by molar-refractivity contribution is 5.83. The van der Waals surface area contributed by atoms with Crippen LogP contribution < -0.4 is 5.73 Å². The fraction of sp³-hybridized carbons (Fsp3) is 0.250. The number of nitrogens with two attached hydrogens (primary N) is 1. The lowest BCUT2D eigenvalue weighted by molar-refractivity contribution is 0.128. The lowest BCUT2D eigenvalue weighted by Gasteiger charge is -2.04. The predicted molar refractivity (Wildman–Crippen MR) is 81.7 cm³/mol. The number of aryl methyl sites for hydroxylation is 1. The standard InChI is InChI=1S/C16H17N3O2/c1-3-20-9-16-18-12(8-15(17)19-16)14-7-11-6-10(2)4-5-13(11)21-14/h4-8H,3,9H2,1-2H3,(H2,17,18,19). The average Bonchev–Trinajstić information content (AvgIpc) is 2.87. The molecule has 5 heteroatoms. The van der Waals surface area contributed by atoms with Crippen LogP contribution in [0.4, 0.5) is 5.82 Å². The lowest BCUT2D eigenvalue weighted by Crippen LogP contribution is -2.03. The molecule has 0 radical (unpaired) electrons. The quantitative estimate of drug-likeness (QED) is 0.795. The Hall–Kier alpha value is -2.40. The first-order valence-electron chi connectivity index (χ1n) is 6.87. The number of rotatable bonds is 4. The van der Waals surface area contributed by atoms with Crippen molar-refractivity contribution < 1.29 is 9.15 Å². The van der Waals surface area contributed by atoms with Gasteiger partial charge in [-0.25, -0.2) is 9.97 Å². The molecular weight excluding hydrogens is 266 g/mol. The maximum Gasteiger partial charge on any atom is 0.157 e. The van der Waals surface area contributed by atoms with Gasteiger partial charge in [0.15, 0.2) is 11.6 Å². The van der Waals surface area contributed by atoms with E-state index in [0.717, 1.165) is 11.0 Å². The van der Waals surface area contributed by atoms with Gasteiger partial charge in [-0.05, 0) is 32.0 Å². The van der Waals surface area contributed by atoms with E-state index in [9.17, 15) is 0 Å². The number of benzene rings is 1. The minimum atomic E-state index is 0.341. The second-order valence-corrected chi connectivity index (χ2v) is 4.88. The minimum absolute atomic E-state index is 0.341. The van der Waals surface area contributed by atoms with Gasteiger partial charge in [0.25, 0.3) is 0 Å². The predicted octanol–water partition coefficient (Wildman–Crippen LogP) is 3.32. The molecule has 0 aliphatic heterocycles. The Bertz CT molecular complexity index is 780. The summed E-state index contributed by atoms with van der Waals surface area (Å²) in [6.07, 6.45) is 0. The Balaban J connectivity index is 2.02. The first-order valence-corrected chi connectivity index (χ1v) is 6.87. The summed E-state index contributed by atoms with van der Waals surface area (Å²) in [4.78, 5) is 8.61. The van der Waals surface area contributed by atoms with Crippen LogP contribution in [-0.2, 0) is 11.3 Å².